The number of esters is 1. The number of ether oxygens (including phenoxy) is 2. The maximum Gasteiger partial charge on any atom is 0.345 e. The number of aryl methyl sites for hydroxylation is 1. The predicted octanol–water partition coefficient (Wildman–Crippen LogP) is 10.2. The van der Waals surface area contributed by atoms with Crippen LogP contribution in [0.4, 0.5) is 0 Å². The van der Waals surface area contributed by atoms with Crippen molar-refractivity contribution in [1.82, 2.24) is 0 Å². The summed E-state index contributed by atoms with van der Waals surface area (Å²) in [6.45, 7) is 2.93. The summed E-state index contributed by atoms with van der Waals surface area (Å²) >= 11 is 6.39. The Morgan fingerprint density at radius 3 is 2.11 bits per heavy atom. The number of rotatable bonds is 17. The van der Waals surface area contributed by atoms with Crippen LogP contribution < -0.4 is 9.47 Å². The fraction of sp³-hybridized carbons (Fsp3) is 0.576. The van der Waals surface area contributed by atoms with Gasteiger partial charge in [0.15, 0.2) is 0 Å². The lowest BCUT2D eigenvalue weighted by atomic mass is 9.85. The van der Waals surface area contributed by atoms with Crippen molar-refractivity contribution in [2.24, 2.45) is 5.92 Å². The van der Waals surface area contributed by atoms with Crippen LogP contribution in [0.1, 0.15) is 119 Å². The van der Waals surface area contributed by atoms with Gasteiger partial charge < -0.3 is 9.47 Å². The van der Waals surface area contributed by atoms with Crippen LogP contribution in [0.2, 0.25) is 5.02 Å². The van der Waals surface area contributed by atoms with Crippen LogP contribution in [0.3, 0.4) is 0 Å². The van der Waals surface area contributed by atoms with Gasteiger partial charge in [0.2, 0.25) is 0 Å². The number of unbranched alkanes of at least 4 members (excludes halogenated alkanes) is 9. The normalized spacial score (nSPS) is 14.0. The van der Waals surface area contributed by atoms with E-state index in [2.05, 4.69) is 25.5 Å². The van der Waals surface area contributed by atoms with Crippen LogP contribution >= 0.6 is 11.6 Å². The highest BCUT2D eigenvalue weighted by Crippen LogP contribution is 2.28. The number of halogens is 1. The number of hydrogen-bond acceptors (Lipinski definition) is 3. The van der Waals surface area contributed by atoms with Gasteiger partial charge in [-0.05, 0) is 80.3 Å². The first-order chi connectivity index (χ1) is 18.2. The van der Waals surface area contributed by atoms with Gasteiger partial charge in [-0.15, -0.1) is 0 Å². The molecular weight excluding hydrogens is 480 g/mol. The van der Waals surface area contributed by atoms with Crippen molar-refractivity contribution in [2.75, 3.05) is 6.61 Å². The van der Waals surface area contributed by atoms with E-state index >= 15 is 0 Å². The lowest BCUT2D eigenvalue weighted by Crippen LogP contribution is -2.10. The number of hydrogen-bond donors (Lipinski definition) is 0. The lowest BCUT2D eigenvalue weighted by Gasteiger charge is -2.21. The van der Waals surface area contributed by atoms with E-state index in [1.54, 1.807) is 18.2 Å². The average Bonchev–Trinajstić information content (AvgIpc) is 2.92. The van der Waals surface area contributed by atoms with E-state index in [1.807, 2.05) is 12.1 Å². The summed E-state index contributed by atoms with van der Waals surface area (Å²) in [5.74, 6) is 1.63. The zero-order chi connectivity index (χ0) is 26.1. The van der Waals surface area contributed by atoms with Crippen molar-refractivity contribution in [2.45, 2.75) is 110 Å². The van der Waals surface area contributed by atoms with Crippen molar-refractivity contribution in [3.05, 3.63) is 65.0 Å². The Balaban J connectivity index is 1.32. The zero-order valence-electron chi connectivity index (χ0n) is 22.8. The largest absolute Gasteiger partial charge is 0.494 e. The number of benzene rings is 2. The monoisotopic (exact) mass is 525 g/mol. The van der Waals surface area contributed by atoms with Crippen molar-refractivity contribution >= 4 is 17.6 Å². The van der Waals surface area contributed by atoms with Crippen molar-refractivity contribution < 1.29 is 14.3 Å². The van der Waals surface area contributed by atoms with Crippen LogP contribution in [0, 0.1) is 12.3 Å². The maximum atomic E-state index is 12.7. The van der Waals surface area contributed by atoms with E-state index in [4.69, 9.17) is 21.1 Å². The minimum Gasteiger partial charge on any atom is -0.494 e. The quantitative estimate of drug-likeness (QED) is 0.117. The summed E-state index contributed by atoms with van der Waals surface area (Å²) in [5.41, 5.74) is 1.64. The van der Waals surface area contributed by atoms with E-state index in [1.165, 1.54) is 95.5 Å². The van der Waals surface area contributed by atoms with Crippen LogP contribution in [0.25, 0.3) is 0 Å². The third-order valence-corrected chi connectivity index (χ3v) is 7.77. The SMILES string of the molecule is CCCCCCCCCCCCOc1ccc(C(=O)Oc2ccc(CCC3CC[CH]CC3)cc2)c(Cl)c1. The highest BCUT2D eigenvalue weighted by atomic mass is 35.5. The standard InChI is InChI=1S/C33H46ClO3/c1-2-3-4-5-6-7-8-9-10-14-25-36-30-23-24-31(32(34)26-30)33(35)37-29-21-19-28(20-22-29)18-17-27-15-12-11-13-16-27/h11,19-24,26-27H,2-10,12-18,25H2,1H3. The third kappa shape index (κ3) is 11.5. The highest BCUT2D eigenvalue weighted by Gasteiger charge is 2.15. The Labute approximate surface area is 230 Å². The molecule has 2 aromatic rings. The molecule has 1 aliphatic rings. The van der Waals surface area contributed by atoms with Gasteiger partial charge in [0.05, 0.1) is 17.2 Å². The number of carbonyl (C=O) groups is 1. The molecule has 2 aromatic carbocycles. The fourth-order valence-corrected chi connectivity index (χ4v) is 5.32. The molecule has 0 atom stereocenters. The Kier molecular flexibility index (Phi) is 14.0. The minimum atomic E-state index is -0.447. The Bertz CT molecular complexity index is 902. The van der Waals surface area contributed by atoms with Gasteiger partial charge in [0.1, 0.15) is 11.5 Å². The first-order valence-corrected chi connectivity index (χ1v) is 15.1. The van der Waals surface area contributed by atoms with Gasteiger partial charge in [-0.3, -0.25) is 0 Å². The molecule has 1 saturated carbocycles. The van der Waals surface area contributed by atoms with E-state index in [9.17, 15) is 4.79 Å². The molecule has 0 unspecified atom stereocenters. The molecule has 3 nitrogen and oxygen atoms in total. The van der Waals surface area contributed by atoms with Crippen molar-refractivity contribution in [3.63, 3.8) is 0 Å². The summed E-state index contributed by atoms with van der Waals surface area (Å²) in [4.78, 5) is 12.7. The third-order valence-electron chi connectivity index (χ3n) is 7.46. The summed E-state index contributed by atoms with van der Waals surface area (Å²) in [6, 6.07) is 13.1. The molecule has 0 heterocycles. The molecule has 203 valence electrons. The second kappa shape index (κ2) is 17.5. The Morgan fingerprint density at radius 1 is 0.838 bits per heavy atom. The van der Waals surface area contributed by atoms with Gasteiger partial charge >= 0.3 is 5.97 Å². The molecule has 0 aromatic heterocycles. The zero-order valence-corrected chi connectivity index (χ0v) is 23.6. The second-order valence-electron chi connectivity index (χ2n) is 10.6. The van der Waals surface area contributed by atoms with E-state index in [0.29, 0.717) is 28.7 Å². The van der Waals surface area contributed by atoms with Crippen molar-refractivity contribution in [1.29, 1.82) is 0 Å². The second-order valence-corrected chi connectivity index (χ2v) is 11.0. The van der Waals surface area contributed by atoms with Gasteiger partial charge in [0, 0.05) is 0 Å². The molecule has 4 heteroatoms. The fourth-order valence-electron chi connectivity index (χ4n) is 5.07. The molecule has 1 radical (unpaired) electrons. The molecule has 0 aliphatic heterocycles. The van der Waals surface area contributed by atoms with Gasteiger partial charge in [-0.25, -0.2) is 4.79 Å². The van der Waals surface area contributed by atoms with E-state index in [0.717, 1.165) is 18.8 Å². The molecule has 0 spiro atoms. The van der Waals surface area contributed by atoms with Gasteiger partial charge in [-0.1, -0.05) is 101 Å². The molecule has 0 bridgehead atoms. The minimum absolute atomic E-state index is 0.353. The maximum absolute atomic E-state index is 12.7. The lowest BCUT2D eigenvalue weighted by molar-refractivity contribution is 0.0735. The van der Waals surface area contributed by atoms with Crippen molar-refractivity contribution in [3.8, 4) is 11.5 Å². The average molecular weight is 526 g/mol. The van der Waals surface area contributed by atoms with Gasteiger partial charge in [-0.2, -0.15) is 0 Å². The van der Waals surface area contributed by atoms with Crippen LogP contribution in [-0.2, 0) is 6.42 Å². The molecule has 37 heavy (non-hydrogen) atoms. The van der Waals surface area contributed by atoms with E-state index in [-0.39, 0.29) is 0 Å². The van der Waals surface area contributed by atoms with Crippen LogP contribution in [0.5, 0.6) is 11.5 Å². The smallest absolute Gasteiger partial charge is 0.345 e. The molecule has 0 amide bonds. The molecular formula is C33H46ClO3. The number of carbonyl (C=O) groups excluding carboxylic acids is 1. The van der Waals surface area contributed by atoms with Gasteiger partial charge in [0.25, 0.3) is 0 Å². The molecule has 1 aliphatic carbocycles. The highest BCUT2D eigenvalue weighted by molar-refractivity contribution is 6.33. The van der Waals surface area contributed by atoms with Crippen LogP contribution in [0.15, 0.2) is 42.5 Å². The van der Waals surface area contributed by atoms with Crippen LogP contribution in [-0.4, -0.2) is 12.6 Å². The molecule has 0 N–H and O–H groups in total. The summed E-state index contributed by atoms with van der Waals surface area (Å²) < 4.78 is 11.4. The summed E-state index contributed by atoms with van der Waals surface area (Å²) in [7, 11) is 0. The molecule has 3 rings (SSSR count). The Morgan fingerprint density at radius 2 is 1.46 bits per heavy atom. The molecule has 1 fully saturated rings. The first-order valence-electron chi connectivity index (χ1n) is 14.7. The van der Waals surface area contributed by atoms with E-state index < -0.39 is 5.97 Å². The summed E-state index contributed by atoms with van der Waals surface area (Å²) in [6.07, 6.45) is 22.8. The Hall–Kier alpha value is -2.00. The molecule has 0 saturated heterocycles. The topological polar surface area (TPSA) is 35.5 Å². The summed E-state index contributed by atoms with van der Waals surface area (Å²) in [5, 5.41) is 0.354. The first kappa shape index (κ1) is 29.6. The predicted molar refractivity (Wildman–Crippen MR) is 155 cm³/mol.